The molecule has 0 atom stereocenters. The third-order valence-electron chi connectivity index (χ3n) is 1.61. The molecule has 2 N–H and O–H groups in total. The summed E-state index contributed by atoms with van der Waals surface area (Å²) in [6.45, 7) is 0. The predicted molar refractivity (Wildman–Crippen MR) is 38.7 cm³/mol. The van der Waals surface area contributed by atoms with Gasteiger partial charge in [-0.15, -0.1) is 0 Å². The van der Waals surface area contributed by atoms with Gasteiger partial charge in [0.2, 0.25) is 0 Å². The van der Waals surface area contributed by atoms with Gasteiger partial charge in [-0.05, 0) is 23.6 Å². The number of anilines is 1. The quantitative estimate of drug-likeness (QED) is 0.554. The van der Waals surface area contributed by atoms with Crippen LogP contribution < -0.4 is 5.73 Å². The number of nitrogen functional groups attached to an aromatic ring is 1. The van der Waals surface area contributed by atoms with Crippen molar-refractivity contribution in [3.63, 3.8) is 0 Å². The van der Waals surface area contributed by atoms with Crippen LogP contribution in [0.3, 0.4) is 0 Å². The van der Waals surface area contributed by atoms with Crippen LogP contribution in [0.15, 0.2) is 12.1 Å². The zero-order valence-electron chi connectivity index (χ0n) is 4.82. The Morgan fingerprint density at radius 3 is 2.89 bits per heavy atom. The van der Waals surface area contributed by atoms with Gasteiger partial charge in [-0.3, -0.25) is 0 Å². The average molecular weight is 140 g/mol. The molecule has 0 amide bonds. The van der Waals surface area contributed by atoms with E-state index in [2.05, 4.69) is 0 Å². The van der Waals surface area contributed by atoms with Crippen molar-refractivity contribution in [2.24, 2.45) is 0 Å². The summed E-state index contributed by atoms with van der Waals surface area (Å²) in [7, 11) is 0. The van der Waals surface area contributed by atoms with Crippen molar-refractivity contribution in [2.75, 3.05) is 5.73 Å². The SMILES string of the molecule is Nc1ccc2c(c1Cl)C2. The van der Waals surface area contributed by atoms with E-state index in [0.29, 0.717) is 5.69 Å². The van der Waals surface area contributed by atoms with E-state index in [1.165, 1.54) is 11.1 Å². The highest BCUT2D eigenvalue weighted by Gasteiger charge is 2.20. The normalized spacial score (nSPS) is 13.0. The number of halogens is 1. The Bertz CT molecular complexity index is 264. The van der Waals surface area contributed by atoms with E-state index in [1.54, 1.807) is 0 Å². The molecule has 1 aliphatic rings. The summed E-state index contributed by atoms with van der Waals surface area (Å²) < 4.78 is 0. The van der Waals surface area contributed by atoms with E-state index in [0.717, 1.165) is 11.4 Å². The van der Waals surface area contributed by atoms with Crippen molar-refractivity contribution in [1.29, 1.82) is 0 Å². The van der Waals surface area contributed by atoms with Crippen molar-refractivity contribution in [1.82, 2.24) is 0 Å². The van der Waals surface area contributed by atoms with E-state index < -0.39 is 0 Å². The monoisotopic (exact) mass is 139 g/mol. The molecule has 46 valence electrons. The standard InChI is InChI=1S/C7H6ClN/c8-7-5-3-4(5)1-2-6(7)9/h1-2H,3,9H2. The molecule has 0 heterocycles. The van der Waals surface area contributed by atoms with Gasteiger partial charge < -0.3 is 5.73 Å². The van der Waals surface area contributed by atoms with Crippen molar-refractivity contribution in [3.05, 3.63) is 28.3 Å². The summed E-state index contributed by atoms with van der Waals surface area (Å²) in [5.74, 6) is 0. The van der Waals surface area contributed by atoms with Gasteiger partial charge in [-0.1, -0.05) is 17.7 Å². The molecule has 0 unspecified atom stereocenters. The molecule has 2 rings (SSSR count). The first-order chi connectivity index (χ1) is 4.29. The van der Waals surface area contributed by atoms with E-state index in [1.807, 2.05) is 12.1 Å². The lowest BCUT2D eigenvalue weighted by Crippen LogP contribution is -1.83. The summed E-state index contributed by atoms with van der Waals surface area (Å²) in [5, 5.41) is 0.757. The second kappa shape index (κ2) is 1.42. The fourth-order valence-corrected chi connectivity index (χ4v) is 1.21. The smallest absolute Gasteiger partial charge is 0.0673 e. The average Bonchev–Trinajstić information content (AvgIpc) is 2.58. The number of hydrogen-bond donors (Lipinski definition) is 1. The minimum absolute atomic E-state index is 0.702. The van der Waals surface area contributed by atoms with Crippen LogP contribution in [0.4, 0.5) is 5.69 Å². The number of rotatable bonds is 0. The van der Waals surface area contributed by atoms with Crippen molar-refractivity contribution >= 4 is 17.3 Å². The summed E-state index contributed by atoms with van der Waals surface area (Å²) in [5.41, 5.74) is 8.80. The molecule has 9 heavy (non-hydrogen) atoms. The van der Waals surface area contributed by atoms with Crippen LogP contribution in [0, 0.1) is 0 Å². The molecule has 0 saturated carbocycles. The first-order valence-corrected chi connectivity index (χ1v) is 3.22. The molecular weight excluding hydrogens is 134 g/mol. The van der Waals surface area contributed by atoms with E-state index >= 15 is 0 Å². The number of nitrogens with two attached hydrogens (primary N) is 1. The van der Waals surface area contributed by atoms with E-state index in [9.17, 15) is 0 Å². The maximum atomic E-state index is 5.80. The molecule has 0 bridgehead atoms. The van der Waals surface area contributed by atoms with Crippen LogP contribution in [0.5, 0.6) is 0 Å². The van der Waals surface area contributed by atoms with Gasteiger partial charge >= 0.3 is 0 Å². The molecule has 0 radical (unpaired) electrons. The van der Waals surface area contributed by atoms with Crippen LogP contribution in [0.2, 0.25) is 5.02 Å². The molecule has 0 saturated heterocycles. The molecule has 2 heteroatoms. The largest absolute Gasteiger partial charge is 0.398 e. The first-order valence-electron chi connectivity index (χ1n) is 2.85. The number of fused-ring (bicyclic) bond motifs is 1. The van der Waals surface area contributed by atoms with Gasteiger partial charge in [0.15, 0.2) is 0 Å². The van der Waals surface area contributed by atoms with E-state index in [4.69, 9.17) is 17.3 Å². The summed E-state index contributed by atoms with van der Waals surface area (Å²) in [6, 6.07) is 3.88. The fourth-order valence-electron chi connectivity index (χ4n) is 0.962. The lowest BCUT2D eigenvalue weighted by molar-refractivity contribution is 1.61. The molecule has 1 aliphatic carbocycles. The Hall–Kier alpha value is -0.690. The second-order valence-electron chi connectivity index (χ2n) is 2.28. The molecule has 1 aromatic rings. The Kier molecular flexibility index (Phi) is 0.809. The zero-order valence-corrected chi connectivity index (χ0v) is 5.57. The molecule has 0 fully saturated rings. The van der Waals surface area contributed by atoms with Gasteiger partial charge in [0, 0.05) is 0 Å². The fraction of sp³-hybridized carbons (Fsp3) is 0.143. The highest BCUT2D eigenvalue weighted by atomic mass is 35.5. The second-order valence-corrected chi connectivity index (χ2v) is 2.66. The maximum absolute atomic E-state index is 5.80. The lowest BCUT2D eigenvalue weighted by Gasteiger charge is -1.91. The highest BCUT2D eigenvalue weighted by molar-refractivity contribution is 6.34. The molecular formula is C7H6ClN. The minimum Gasteiger partial charge on any atom is -0.398 e. The third kappa shape index (κ3) is 0.615. The predicted octanol–water partition coefficient (Wildman–Crippen LogP) is 1.83. The molecule has 0 aromatic heterocycles. The van der Waals surface area contributed by atoms with Crippen molar-refractivity contribution < 1.29 is 0 Å². The van der Waals surface area contributed by atoms with Gasteiger partial charge in [-0.25, -0.2) is 0 Å². The molecule has 0 aliphatic heterocycles. The zero-order chi connectivity index (χ0) is 6.43. The molecule has 1 nitrogen and oxygen atoms in total. The van der Waals surface area contributed by atoms with Gasteiger partial charge in [0.05, 0.1) is 10.7 Å². The van der Waals surface area contributed by atoms with Crippen LogP contribution in [-0.2, 0) is 6.42 Å². The summed E-state index contributed by atoms with van der Waals surface area (Å²) in [6.07, 6.45) is 1.04. The minimum atomic E-state index is 0.702. The number of hydrogen-bond acceptors (Lipinski definition) is 1. The Balaban J connectivity index is 2.70. The van der Waals surface area contributed by atoms with Crippen LogP contribution in [0.1, 0.15) is 11.1 Å². The lowest BCUT2D eigenvalue weighted by atomic mass is 10.3. The Morgan fingerprint density at radius 1 is 1.44 bits per heavy atom. The van der Waals surface area contributed by atoms with Gasteiger partial charge in [0.25, 0.3) is 0 Å². The Morgan fingerprint density at radius 2 is 2.22 bits per heavy atom. The number of benzene rings is 1. The van der Waals surface area contributed by atoms with Crippen LogP contribution >= 0.6 is 11.6 Å². The van der Waals surface area contributed by atoms with Crippen LogP contribution in [0.25, 0.3) is 0 Å². The first kappa shape index (κ1) is 5.12. The summed E-state index contributed by atoms with van der Waals surface area (Å²) in [4.78, 5) is 0. The van der Waals surface area contributed by atoms with Gasteiger partial charge in [-0.2, -0.15) is 0 Å². The van der Waals surface area contributed by atoms with Crippen LogP contribution in [-0.4, -0.2) is 0 Å². The molecule has 0 spiro atoms. The van der Waals surface area contributed by atoms with Crippen molar-refractivity contribution in [2.45, 2.75) is 6.42 Å². The maximum Gasteiger partial charge on any atom is 0.0673 e. The topological polar surface area (TPSA) is 26.0 Å². The Labute approximate surface area is 58.4 Å². The third-order valence-corrected chi connectivity index (χ3v) is 2.06. The highest BCUT2D eigenvalue weighted by Crippen LogP contribution is 2.37. The molecule has 1 aromatic carbocycles. The van der Waals surface area contributed by atoms with Gasteiger partial charge in [0.1, 0.15) is 0 Å². The van der Waals surface area contributed by atoms with Crippen molar-refractivity contribution in [3.8, 4) is 0 Å². The van der Waals surface area contributed by atoms with E-state index in [-0.39, 0.29) is 0 Å². The summed E-state index contributed by atoms with van der Waals surface area (Å²) >= 11 is 5.80.